The quantitative estimate of drug-likeness (QED) is 0.833. The molecule has 0 heterocycles. The molecule has 1 unspecified atom stereocenters. The van der Waals surface area contributed by atoms with Crippen molar-refractivity contribution >= 4 is 11.6 Å². The minimum Gasteiger partial charge on any atom is -0.506 e. The molecular formula is C13H18ClNO. The first-order valence-electron chi connectivity index (χ1n) is 5.65. The molecule has 0 amide bonds. The number of aromatic hydroxyl groups is 1. The van der Waals surface area contributed by atoms with E-state index in [1.54, 1.807) is 0 Å². The van der Waals surface area contributed by atoms with E-state index in [4.69, 9.17) is 17.3 Å². The summed E-state index contributed by atoms with van der Waals surface area (Å²) in [4.78, 5) is 0. The lowest BCUT2D eigenvalue weighted by molar-refractivity contribution is 0.445. The topological polar surface area (TPSA) is 46.2 Å². The molecule has 2 rings (SSSR count). The summed E-state index contributed by atoms with van der Waals surface area (Å²) in [6, 6.07) is 2.08. The number of phenolic OH excluding ortho intramolecular Hbond substituents is 1. The Kier molecular flexibility index (Phi) is 2.67. The second-order valence-corrected chi connectivity index (χ2v) is 5.37. The fourth-order valence-corrected chi connectivity index (χ4v) is 2.79. The second kappa shape index (κ2) is 3.64. The molecule has 0 aromatic heterocycles. The summed E-state index contributed by atoms with van der Waals surface area (Å²) in [5.74, 6) is 0.231. The van der Waals surface area contributed by atoms with E-state index in [2.05, 4.69) is 0 Å². The van der Waals surface area contributed by atoms with Crippen molar-refractivity contribution in [2.45, 2.75) is 45.1 Å². The van der Waals surface area contributed by atoms with Crippen molar-refractivity contribution in [2.24, 2.45) is 5.73 Å². The third-order valence-electron chi connectivity index (χ3n) is 3.78. The molecule has 0 spiro atoms. The zero-order valence-electron chi connectivity index (χ0n) is 9.97. The largest absolute Gasteiger partial charge is 0.506 e. The Morgan fingerprint density at radius 3 is 2.38 bits per heavy atom. The van der Waals surface area contributed by atoms with E-state index < -0.39 is 0 Å². The fraction of sp³-hybridized carbons (Fsp3) is 0.538. The predicted molar refractivity (Wildman–Crippen MR) is 67.2 cm³/mol. The van der Waals surface area contributed by atoms with E-state index in [0.717, 1.165) is 29.5 Å². The maximum atomic E-state index is 10.2. The number of rotatable bonds is 2. The molecule has 1 aliphatic rings. The Balaban J connectivity index is 2.62. The molecule has 0 saturated heterocycles. The van der Waals surface area contributed by atoms with Crippen LogP contribution in [0.15, 0.2) is 6.07 Å². The summed E-state index contributed by atoms with van der Waals surface area (Å²) in [5.41, 5.74) is 8.95. The SMILES string of the molecule is Cc1cc(C)c(C2(C(C)N)CC2)c(O)c1Cl. The lowest BCUT2D eigenvalue weighted by atomic mass is 9.85. The van der Waals surface area contributed by atoms with Crippen molar-refractivity contribution in [2.75, 3.05) is 0 Å². The lowest BCUT2D eigenvalue weighted by Crippen LogP contribution is -2.32. The zero-order valence-corrected chi connectivity index (χ0v) is 10.7. The number of nitrogens with two attached hydrogens (primary N) is 1. The number of halogens is 1. The highest BCUT2D eigenvalue weighted by molar-refractivity contribution is 6.33. The van der Waals surface area contributed by atoms with Gasteiger partial charge in [-0.15, -0.1) is 0 Å². The van der Waals surface area contributed by atoms with Crippen LogP contribution in [0, 0.1) is 13.8 Å². The number of hydrogen-bond donors (Lipinski definition) is 2. The molecule has 0 radical (unpaired) electrons. The molecule has 1 aromatic carbocycles. The van der Waals surface area contributed by atoms with E-state index >= 15 is 0 Å². The van der Waals surface area contributed by atoms with Gasteiger partial charge in [0.25, 0.3) is 0 Å². The van der Waals surface area contributed by atoms with Crippen molar-refractivity contribution in [1.82, 2.24) is 0 Å². The summed E-state index contributed by atoms with van der Waals surface area (Å²) >= 11 is 6.10. The molecule has 1 fully saturated rings. The summed E-state index contributed by atoms with van der Waals surface area (Å²) < 4.78 is 0. The van der Waals surface area contributed by atoms with Crippen molar-refractivity contribution in [3.63, 3.8) is 0 Å². The summed E-state index contributed by atoms with van der Waals surface area (Å²) in [6.07, 6.45) is 2.08. The van der Waals surface area contributed by atoms with Crippen LogP contribution >= 0.6 is 11.6 Å². The molecule has 0 aliphatic heterocycles. The molecule has 2 nitrogen and oxygen atoms in total. The Bertz CT molecular complexity index is 436. The zero-order chi connectivity index (χ0) is 12.1. The molecule has 3 N–H and O–H groups in total. The van der Waals surface area contributed by atoms with E-state index in [9.17, 15) is 5.11 Å². The first kappa shape index (κ1) is 11.7. The molecule has 3 heteroatoms. The van der Waals surface area contributed by atoms with Crippen LogP contribution in [0.1, 0.15) is 36.5 Å². The standard InChI is InChI=1S/C13H18ClNO/c1-7-6-8(2)11(14)12(16)10(7)13(4-5-13)9(3)15/h6,9,16H,4-5,15H2,1-3H3. The van der Waals surface area contributed by atoms with Gasteiger partial charge < -0.3 is 10.8 Å². The molecule has 88 valence electrons. The van der Waals surface area contributed by atoms with Crippen LogP contribution in [-0.2, 0) is 5.41 Å². The monoisotopic (exact) mass is 239 g/mol. The molecule has 1 aliphatic carbocycles. The minimum atomic E-state index is -0.0501. The van der Waals surface area contributed by atoms with E-state index in [0.29, 0.717) is 5.02 Å². The highest BCUT2D eigenvalue weighted by atomic mass is 35.5. The number of hydrogen-bond acceptors (Lipinski definition) is 2. The average molecular weight is 240 g/mol. The molecule has 1 saturated carbocycles. The molecule has 0 bridgehead atoms. The van der Waals surface area contributed by atoms with Gasteiger partial charge in [-0.05, 0) is 44.7 Å². The maximum Gasteiger partial charge on any atom is 0.138 e. The van der Waals surface area contributed by atoms with Gasteiger partial charge in [0, 0.05) is 17.0 Å². The summed E-state index contributed by atoms with van der Waals surface area (Å²) in [7, 11) is 0. The van der Waals surface area contributed by atoms with Gasteiger partial charge in [-0.2, -0.15) is 0 Å². The fourth-order valence-electron chi connectivity index (χ4n) is 2.64. The Morgan fingerprint density at radius 2 is 1.94 bits per heavy atom. The van der Waals surface area contributed by atoms with Crippen LogP contribution < -0.4 is 5.73 Å². The van der Waals surface area contributed by atoms with Gasteiger partial charge in [0.2, 0.25) is 0 Å². The Morgan fingerprint density at radius 1 is 1.38 bits per heavy atom. The predicted octanol–water partition coefficient (Wildman–Crippen LogP) is 3.04. The van der Waals surface area contributed by atoms with Crippen molar-refractivity contribution in [1.29, 1.82) is 0 Å². The molecule has 16 heavy (non-hydrogen) atoms. The molecule has 1 atom stereocenters. The van der Waals surface area contributed by atoms with Crippen LogP contribution in [0.4, 0.5) is 0 Å². The number of phenols is 1. The van der Waals surface area contributed by atoms with Crippen LogP contribution in [0.3, 0.4) is 0 Å². The van der Waals surface area contributed by atoms with Crippen LogP contribution in [0.25, 0.3) is 0 Å². The molecule has 1 aromatic rings. The number of benzene rings is 1. The van der Waals surface area contributed by atoms with Gasteiger partial charge >= 0.3 is 0 Å². The first-order chi connectivity index (χ1) is 7.40. The van der Waals surface area contributed by atoms with E-state index in [1.165, 1.54) is 0 Å². The van der Waals surface area contributed by atoms with Crippen LogP contribution in [0.2, 0.25) is 5.02 Å². The van der Waals surface area contributed by atoms with Gasteiger partial charge in [-0.25, -0.2) is 0 Å². The van der Waals surface area contributed by atoms with E-state index in [1.807, 2.05) is 26.8 Å². The second-order valence-electron chi connectivity index (χ2n) is 4.99. The van der Waals surface area contributed by atoms with Gasteiger partial charge in [0.1, 0.15) is 5.75 Å². The lowest BCUT2D eigenvalue weighted by Gasteiger charge is -2.24. The Labute approximate surface area is 101 Å². The van der Waals surface area contributed by atoms with Gasteiger partial charge in [-0.3, -0.25) is 0 Å². The number of aryl methyl sites for hydroxylation is 2. The third kappa shape index (κ3) is 1.52. The smallest absolute Gasteiger partial charge is 0.138 e. The van der Waals surface area contributed by atoms with Gasteiger partial charge in [-0.1, -0.05) is 17.7 Å². The Hall–Kier alpha value is -0.730. The van der Waals surface area contributed by atoms with Crippen molar-refractivity contribution in [3.05, 3.63) is 27.8 Å². The van der Waals surface area contributed by atoms with Crippen LogP contribution in [0.5, 0.6) is 5.75 Å². The maximum absolute atomic E-state index is 10.2. The van der Waals surface area contributed by atoms with Gasteiger partial charge in [0.05, 0.1) is 5.02 Å². The highest BCUT2D eigenvalue weighted by Crippen LogP contribution is 2.55. The van der Waals surface area contributed by atoms with Crippen molar-refractivity contribution < 1.29 is 5.11 Å². The average Bonchev–Trinajstić information content (AvgIpc) is 2.96. The minimum absolute atomic E-state index is 0.0501. The highest BCUT2D eigenvalue weighted by Gasteiger charge is 2.50. The molecular weight excluding hydrogens is 222 g/mol. The van der Waals surface area contributed by atoms with Crippen LogP contribution in [-0.4, -0.2) is 11.1 Å². The van der Waals surface area contributed by atoms with E-state index in [-0.39, 0.29) is 17.2 Å². The normalized spacial score (nSPS) is 19.6. The third-order valence-corrected chi connectivity index (χ3v) is 4.25. The summed E-state index contributed by atoms with van der Waals surface area (Å²) in [5, 5.41) is 10.7. The summed E-state index contributed by atoms with van der Waals surface area (Å²) in [6.45, 7) is 5.92. The first-order valence-corrected chi connectivity index (χ1v) is 6.02. The van der Waals surface area contributed by atoms with Crippen molar-refractivity contribution in [3.8, 4) is 5.75 Å². The van der Waals surface area contributed by atoms with Gasteiger partial charge in [0.15, 0.2) is 0 Å².